The molecular weight excluding hydrogens is 568 g/mol. The van der Waals surface area contributed by atoms with Gasteiger partial charge in [-0.25, -0.2) is 4.98 Å². The fraction of sp³-hybridized carbons (Fsp3) is 0.382. The molecule has 2 aromatic heterocycles. The summed E-state index contributed by atoms with van der Waals surface area (Å²) in [6.45, 7) is 11.3. The lowest BCUT2D eigenvalue weighted by molar-refractivity contribution is 0.0652. The molecule has 45 heavy (non-hydrogen) atoms. The largest absolute Gasteiger partial charge is 0.394 e. The van der Waals surface area contributed by atoms with E-state index in [9.17, 15) is 9.90 Å². The number of fused-ring (bicyclic) bond motifs is 4. The van der Waals surface area contributed by atoms with E-state index in [1.54, 1.807) is 12.3 Å². The maximum atomic E-state index is 13.1. The van der Waals surface area contributed by atoms with Crippen molar-refractivity contribution < 1.29 is 14.4 Å². The van der Waals surface area contributed by atoms with E-state index in [0.29, 0.717) is 35.3 Å². The minimum atomic E-state index is -0.496. The molecule has 6 heterocycles. The van der Waals surface area contributed by atoms with Crippen LogP contribution in [0.2, 0.25) is 0 Å². The molecule has 11 heteroatoms. The van der Waals surface area contributed by atoms with Gasteiger partial charge in [-0.2, -0.15) is 9.97 Å². The van der Waals surface area contributed by atoms with Crippen LogP contribution in [-0.2, 0) is 11.0 Å². The number of rotatable bonds is 10. The Hall–Kier alpha value is -4.61. The fourth-order valence-corrected chi connectivity index (χ4v) is 6.93. The number of aromatic nitrogens is 4. The number of nitrogens with zero attached hydrogens (tertiary/aromatic N) is 6. The van der Waals surface area contributed by atoms with Gasteiger partial charge >= 0.3 is 0 Å². The van der Waals surface area contributed by atoms with Gasteiger partial charge in [-0.3, -0.25) is 4.79 Å². The topological polar surface area (TPSA) is 133 Å². The van der Waals surface area contributed by atoms with Crippen molar-refractivity contribution in [1.29, 1.82) is 0 Å². The maximum absolute atomic E-state index is 13.1. The molecule has 2 bridgehead atoms. The lowest BCUT2D eigenvalue weighted by Gasteiger charge is -2.46. The van der Waals surface area contributed by atoms with Crippen molar-refractivity contribution in [1.82, 2.24) is 29.9 Å². The number of carbonyl (C=O) groups is 1. The average Bonchev–Trinajstić information content (AvgIpc) is 3.64. The van der Waals surface area contributed by atoms with E-state index >= 15 is 0 Å². The van der Waals surface area contributed by atoms with Crippen LogP contribution in [0.1, 0.15) is 66.5 Å². The monoisotopic (exact) mass is 606 g/mol. The van der Waals surface area contributed by atoms with Crippen molar-refractivity contribution in [2.24, 2.45) is 0 Å². The summed E-state index contributed by atoms with van der Waals surface area (Å²) >= 11 is 0. The van der Waals surface area contributed by atoms with Crippen LogP contribution in [0, 0.1) is 0 Å². The quantitative estimate of drug-likeness (QED) is 0.211. The van der Waals surface area contributed by atoms with Gasteiger partial charge in [0.15, 0.2) is 5.82 Å². The van der Waals surface area contributed by atoms with Crippen LogP contribution in [0.25, 0.3) is 11.5 Å². The highest BCUT2D eigenvalue weighted by Gasteiger charge is 2.44. The van der Waals surface area contributed by atoms with E-state index in [0.717, 1.165) is 61.5 Å². The third-order valence-corrected chi connectivity index (χ3v) is 9.73. The molecular formula is C34H38N8O3. The molecule has 1 amide bonds. The molecule has 2 aromatic carbocycles. The Morgan fingerprint density at radius 3 is 2.53 bits per heavy atom. The first-order valence-corrected chi connectivity index (χ1v) is 15.5. The van der Waals surface area contributed by atoms with Crippen molar-refractivity contribution in [3.63, 3.8) is 0 Å². The van der Waals surface area contributed by atoms with Gasteiger partial charge in [0.1, 0.15) is 11.4 Å². The number of anilines is 3. The Labute approximate surface area is 262 Å². The first-order valence-electron chi connectivity index (χ1n) is 15.5. The standard InChI is InChI=1S/C34H38N8O3/c1-4-15-42-30(44)24-11-10-23(19-26(24)33(42,2)3)36-32-35-20-25(28(38-32)37-27(21-43)22-8-6-5-7-9-22)29-39-31(40-45-29)34-12-16-41(17-13-34)18-14-34/h4-11,19-20,27,43H,1,12-18,21H2,2-3H3,(H2,35,36,37,38)/t27-/m1/s1. The molecule has 0 spiro atoms. The molecule has 0 radical (unpaired) electrons. The Bertz CT molecular complexity index is 1710. The Morgan fingerprint density at radius 2 is 1.82 bits per heavy atom. The zero-order valence-corrected chi connectivity index (χ0v) is 25.7. The van der Waals surface area contributed by atoms with Gasteiger partial charge in [-0.15, -0.1) is 6.58 Å². The van der Waals surface area contributed by atoms with E-state index in [2.05, 4.69) is 32.3 Å². The zero-order valence-electron chi connectivity index (χ0n) is 25.7. The summed E-state index contributed by atoms with van der Waals surface area (Å²) in [6, 6.07) is 14.9. The Kier molecular flexibility index (Phi) is 7.37. The molecule has 4 aliphatic rings. The van der Waals surface area contributed by atoms with Crippen LogP contribution in [0.3, 0.4) is 0 Å². The van der Waals surface area contributed by atoms with Gasteiger partial charge in [0.2, 0.25) is 5.95 Å². The summed E-state index contributed by atoms with van der Waals surface area (Å²) in [6.07, 6.45) is 6.47. The summed E-state index contributed by atoms with van der Waals surface area (Å²) in [5, 5.41) is 21.5. The summed E-state index contributed by atoms with van der Waals surface area (Å²) < 4.78 is 5.86. The summed E-state index contributed by atoms with van der Waals surface area (Å²) in [4.78, 5) is 31.7. The van der Waals surface area contributed by atoms with Crippen molar-refractivity contribution in [3.05, 3.63) is 89.9 Å². The first-order chi connectivity index (χ1) is 21.8. The number of carbonyl (C=O) groups excluding carboxylic acids is 1. The van der Waals surface area contributed by atoms with Gasteiger partial charge in [0, 0.05) is 29.4 Å². The molecule has 4 aromatic rings. The normalized spacial score (nSPS) is 22.2. The third kappa shape index (κ3) is 5.15. The van der Waals surface area contributed by atoms with Gasteiger partial charge in [0.25, 0.3) is 11.8 Å². The van der Waals surface area contributed by atoms with Crippen LogP contribution in [0.15, 0.2) is 71.9 Å². The van der Waals surface area contributed by atoms with Crippen molar-refractivity contribution in [2.45, 2.75) is 50.1 Å². The zero-order chi connectivity index (χ0) is 31.2. The minimum absolute atomic E-state index is 0.0123. The SMILES string of the molecule is C=CCN1C(=O)c2ccc(Nc3ncc(-c4nc(C56CCN(CC5)CC6)no4)c(N[C@H](CO)c4ccccc4)n3)cc2C1(C)C. The van der Waals surface area contributed by atoms with Crippen LogP contribution in [0.4, 0.5) is 17.5 Å². The summed E-state index contributed by atoms with van der Waals surface area (Å²) in [5.41, 5.74) is 3.25. The van der Waals surface area contributed by atoms with Crippen molar-refractivity contribution >= 4 is 23.4 Å². The Morgan fingerprint density at radius 1 is 1.07 bits per heavy atom. The molecule has 1 atom stereocenters. The molecule has 3 saturated heterocycles. The van der Waals surface area contributed by atoms with Gasteiger partial charge in [-0.05, 0) is 82.1 Å². The van der Waals surface area contributed by atoms with Gasteiger partial charge in [-0.1, -0.05) is 41.6 Å². The third-order valence-electron chi connectivity index (χ3n) is 9.73. The highest BCUT2D eigenvalue weighted by atomic mass is 16.5. The van der Waals surface area contributed by atoms with Crippen LogP contribution in [-0.4, -0.2) is 73.7 Å². The van der Waals surface area contributed by atoms with E-state index in [1.165, 1.54) is 0 Å². The number of hydrogen-bond acceptors (Lipinski definition) is 10. The molecule has 0 unspecified atom stereocenters. The number of aliphatic hydroxyl groups excluding tert-OH is 1. The molecule has 11 nitrogen and oxygen atoms in total. The van der Waals surface area contributed by atoms with E-state index < -0.39 is 11.6 Å². The van der Waals surface area contributed by atoms with Crippen molar-refractivity contribution in [3.8, 4) is 11.5 Å². The molecule has 3 N–H and O–H groups in total. The number of amides is 1. The molecule has 3 fully saturated rings. The molecule has 4 aliphatic heterocycles. The van der Waals surface area contributed by atoms with Crippen LogP contribution in [0.5, 0.6) is 0 Å². The second-order valence-corrected chi connectivity index (χ2v) is 12.7. The minimum Gasteiger partial charge on any atom is -0.394 e. The second-order valence-electron chi connectivity index (χ2n) is 12.7. The molecule has 0 saturated carbocycles. The van der Waals surface area contributed by atoms with Crippen LogP contribution < -0.4 is 10.6 Å². The van der Waals surface area contributed by atoms with Gasteiger partial charge < -0.3 is 30.1 Å². The number of nitrogens with one attached hydrogen (secondary N) is 2. The Balaban J connectivity index is 1.22. The summed E-state index contributed by atoms with van der Waals surface area (Å²) in [5.74, 6) is 1.87. The lowest BCUT2D eigenvalue weighted by Crippen LogP contribution is -2.51. The van der Waals surface area contributed by atoms with E-state index in [4.69, 9.17) is 14.5 Å². The van der Waals surface area contributed by atoms with E-state index in [-0.39, 0.29) is 17.9 Å². The number of aliphatic hydroxyl groups is 1. The lowest BCUT2D eigenvalue weighted by atomic mass is 9.71. The second kappa shape index (κ2) is 11.4. The van der Waals surface area contributed by atoms with Crippen LogP contribution >= 0.6 is 0 Å². The number of piperidine rings is 3. The van der Waals surface area contributed by atoms with Crippen molar-refractivity contribution in [2.75, 3.05) is 43.4 Å². The first kappa shape index (κ1) is 29.1. The number of benzene rings is 2. The number of hydrogen-bond donors (Lipinski definition) is 3. The fourth-order valence-electron chi connectivity index (χ4n) is 6.93. The van der Waals surface area contributed by atoms with E-state index in [1.807, 2.05) is 67.3 Å². The molecule has 232 valence electrons. The smallest absolute Gasteiger partial charge is 0.263 e. The predicted octanol–water partition coefficient (Wildman–Crippen LogP) is 5.03. The summed E-state index contributed by atoms with van der Waals surface area (Å²) in [7, 11) is 0. The maximum Gasteiger partial charge on any atom is 0.263 e. The highest BCUT2D eigenvalue weighted by molar-refractivity contribution is 6.00. The average molecular weight is 607 g/mol. The van der Waals surface area contributed by atoms with Gasteiger partial charge in [0.05, 0.1) is 18.2 Å². The highest BCUT2D eigenvalue weighted by Crippen LogP contribution is 2.43. The molecule has 8 rings (SSSR count). The molecule has 0 aliphatic carbocycles. The predicted molar refractivity (Wildman–Crippen MR) is 171 cm³/mol.